The molecule has 0 saturated carbocycles. The van der Waals surface area contributed by atoms with E-state index in [1.54, 1.807) is 28.8 Å². The van der Waals surface area contributed by atoms with E-state index in [1.807, 2.05) is 73.0 Å². The van der Waals surface area contributed by atoms with Crippen LogP contribution in [0.4, 0.5) is 0 Å². The van der Waals surface area contributed by atoms with Crippen LogP contribution in [0.15, 0.2) is 99.9 Å². The van der Waals surface area contributed by atoms with E-state index >= 15 is 0 Å². The van der Waals surface area contributed by atoms with Gasteiger partial charge in [-0.2, -0.15) is 0 Å². The molecule has 5 rings (SSSR count). The van der Waals surface area contributed by atoms with Gasteiger partial charge in [0.05, 0.1) is 24.2 Å². The highest BCUT2D eigenvalue weighted by Gasteiger charge is 2.16. The van der Waals surface area contributed by atoms with E-state index in [-0.39, 0.29) is 23.6 Å². The van der Waals surface area contributed by atoms with Gasteiger partial charge in [0.15, 0.2) is 0 Å². The molecule has 5 aromatic rings. The van der Waals surface area contributed by atoms with Gasteiger partial charge in [-0.05, 0) is 53.6 Å². The normalized spacial score (nSPS) is 11.1. The fourth-order valence-electron chi connectivity index (χ4n) is 4.35. The van der Waals surface area contributed by atoms with Crippen molar-refractivity contribution >= 4 is 27.5 Å². The lowest BCUT2D eigenvalue weighted by Gasteiger charge is -2.13. The molecule has 186 valence electrons. The van der Waals surface area contributed by atoms with Gasteiger partial charge in [0.25, 0.3) is 5.56 Å². The standard InChI is InChI=1S/C30H27N3O3S/c1-21-7-9-24(10-8-21)20-32-26-16-18-37-28(26)29(35)33(30(32)36)25-13-11-23(12-14-25)19-27(34)31-17-15-22-5-3-2-4-6-22/h2-14,16,18H,15,17,19-20H2,1H3,(H,31,34). The fraction of sp³-hybridized carbons (Fsp3) is 0.167. The number of nitrogens with one attached hydrogen (secondary N) is 1. The van der Waals surface area contributed by atoms with E-state index < -0.39 is 0 Å². The zero-order chi connectivity index (χ0) is 25.8. The van der Waals surface area contributed by atoms with Crippen LogP contribution in [0.2, 0.25) is 0 Å². The van der Waals surface area contributed by atoms with Gasteiger partial charge >= 0.3 is 5.69 Å². The highest BCUT2D eigenvalue weighted by atomic mass is 32.1. The molecule has 0 aliphatic rings. The first-order chi connectivity index (χ1) is 18.0. The van der Waals surface area contributed by atoms with Crippen LogP contribution in [0.3, 0.4) is 0 Å². The second kappa shape index (κ2) is 10.8. The zero-order valence-corrected chi connectivity index (χ0v) is 21.3. The third-order valence-corrected chi connectivity index (χ3v) is 7.25. The minimum absolute atomic E-state index is 0.0682. The summed E-state index contributed by atoms with van der Waals surface area (Å²) in [6, 6.07) is 26.9. The number of aryl methyl sites for hydroxylation is 1. The summed E-state index contributed by atoms with van der Waals surface area (Å²) in [5.41, 5.74) is 4.52. The van der Waals surface area contributed by atoms with E-state index in [4.69, 9.17) is 0 Å². The van der Waals surface area contributed by atoms with Crippen molar-refractivity contribution in [3.63, 3.8) is 0 Å². The van der Waals surface area contributed by atoms with E-state index in [2.05, 4.69) is 5.32 Å². The Morgan fingerprint density at radius 3 is 2.27 bits per heavy atom. The lowest BCUT2D eigenvalue weighted by Crippen LogP contribution is -2.38. The highest BCUT2D eigenvalue weighted by Crippen LogP contribution is 2.18. The Kier molecular flexibility index (Phi) is 7.14. The van der Waals surface area contributed by atoms with Crippen molar-refractivity contribution in [3.8, 4) is 5.69 Å². The topological polar surface area (TPSA) is 73.1 Å². The SMILES string of the molecule is Cc1ccc(Cn2c(=O)n(-c3ccc(CC(=O)NCCc4ccccc4)cc3)c(=O)c3sccc32)cc1. The van der Waals surface area contributed by atoms with E-state index in [9.17, 15) is 14.4 Å². The molecule has 0 atom stereocenters. The van der Waals surface area contributed by atoms with Crippen LogP contribution in [0.1, 0.15) is 22.3 Å². The molecule has 1 N–H and O–H groups in total. The van der Waals surface area contributed by atoms with Gasteiger partial charge in [-0.1, -0.05) is 72.3 Å². The van der Waals surface area contributed by atoms with Crippen molar-refractivity contribution in [1.29, 1.82) is 0 Å². The molecule has 2 heterocycles. The number of carbonyl (C=O) groups excluding carboxylic acids is 1. The summed E-state index contributed by atoms with van der Waals surface area (Å²) in [7, 11) is 0. The Balaban J connectivity index is 1.36. The molecular formula is C30H27N3O3S. The molecule has 7 heteroatoms. The Bertz CT molecular complexity index is 1650. The lowest BCUT2D eigenvalue weighted by molar-refractivity contribution is -0.120. The van der Waals surface area contributed by atoms with Gasteiger partial charge in [-0.3, -0.25) is 14.2 Å². The van der Waals surface area contributed by atoms with Crippen LogP contribution in [0, 0.1) is 6.92 Å². The maximum Gasteiger partial charge on any atom is 0.336 e. The summed E-state index contributed by atoms with van der Waals surface area (Å²) in [6.45, 7) is 2.96. The molecule has 0 saturated heterocycles. The monoisotopic (exact) mass is 509 g/mol. The first-order valence-electron chi connectivity index (χ1n) is 12.2. The first kappa shape index (κ1) is 24.5. The number of carbonyl (C=O) groups is 1. The summed E-state index contributed by atoms with van der Waals surface area (Å²) in [5, 5.41) is 4.78. The molecule has 0 aliphatic heterocycles. The molecule has 2 aromatic heterocycles. The average molecular weight is 510 g/mol. The quantitative estimate of drug-likeness (QED) is 0.335. The van der Waals surface area contributed by atoms with Gasteiger partial charge in [0, 0.05) is 6.54 Å². The van der Waals surface area contributed by atoms with Gasteiger partial charge in [0.1, 0.15) is 4.70 Å². The number of benzene rings is 3. The molecule has 0 bridgehead atoms. The largest absolute Gasteiger partial charge is 0.355 e. The van der Waals surface area contributed by atoms with Crippen molar-refractivity contribution in [2.24, 2.45) is 0 Å². The summed E-state index contributed by atoms with van der Waals surface area (Å²) in [5.74, 6) is -0.0682. The minimum atomic E-state index is -0.386. The molecule has 0 aliphatic carbocycles. The maximum atomic E-state index is 13.5. The number of nitrogens with zero attached hydrogens (tertiary/aromatic N) is 2. The molecule has 0 spiro atoms. The number of rotatable bonds is 8. The number of amides is 1. The Morgan fingerprint density at radius 1 is 0.838 bits per heavy atom. The Labute approximate surface area is 218 Å². The number of aromatic nitrogens is 2. The van der Waals surface area contributed by atoms with E-state index in [0.717, 1.165) is 23.1 Å². The molecular weight excluding hydrogens is 482 g/mol. The maximum absolute atomic E-state index is 13.5. The van der Waals surface area contributed by atoms with Crippen LogP contribution >= 0.6 is 11.3 Å². The van der Waals surface area contributed by atoms with Crippen LogP contribution in [0.5, 0.6) is 0 Å². The van der Waals surface area contributed by atoms with Crippen LogP contribution in [-0.2, 0) is 24.2 Å². The predicted octanol–water partition coefficient (Wildman–Crippen LogP) is 4.47. The molecule has 3 aromatic carbocycles. The smallest absolute Gasteiger partial charge is 0.336 e. The van der Waals surface area contributed by atoms with E-state index in [1.165, 1.54) is 21.5 Å². The van der Waals surface area contributed by atoms with Crippen molar-refractivity contribution in [3.05, 3.63) is 133 Å². The number of thiophene rings is 1. The molecule has 0 fully saturated rings. The molecule has 0 radical (unpaired) electrons. The number of hydrogen-bond acceptors (Lipinski definition) is 4. The fourth-order valence-corrected chi connectivity index (χ4v) is 5.17. The second-order valence-electron chi connectivity index (χ2n) is 9.06. The third kappa shape index (κ3) is 5.47. The average Bonchev–Trinajstić information content (AvgIpc) is 3.40. The highest BCUT2D eigenvalue weighted by molar-refractivity contribution is 7.17. The summed E-state index contributed by atoms with van der Waals surface area (Å²) in [4.78, 5) is 39.2. The third-order valence-electron chi connectivity index (χ3n) is 6.35. The van der Waals surface area contributed by atoms with E-state index in [0.29, 0.717) is 29.0 Å². The van der Waals surface area contributed by atoms with Gasteiger partial charge < -0.3 is 5.32 Å². The van der Waals surface area contributed by atoms with Gasteiger partial charge in [-0.25, -0.2) is 9.36 Å². The first-order valence-corrected chi connectivity index (χ1v) is 13.1. The number of hydrogen-bond donors (Lipinski definition) is 1. The molecule has 6 nitrogen and oxygen atoms in total. The van der Waals surface area contributed by atoms with Crippen molar-refractivity contribution in [1.82, 2.24) is 14.5 Å². The van der Waals surface area contributed by atoms with Gasteiger partial charge in [0.2, 0.25) is 5.91 Å². The van der Waals surface area contributed by atoms with Crippen LogP contribution in [-0.4, -0.2) is 21.6 Å². The van der Waals surface area contributed by atoms with Gasteiger partial charge in [-0.15, -0.1) is 11.3 Å². The summed E-state index contributed by atoms with van der Waals surface area (Å²) >= 11 is 1.33. The molecule has 37 heavy (non-hydrogen) atoms. The second-order valence-corrected chi connectivity index (χ2v) is 9.97. The molecule has 1 amide bonds. The van der Waals surface area contributed by atoms with Crippen molar-refractivity contribution in [2.75, 3.05) is 6.54 Å². The zero-order valence-electron chi connectivity index (χ0n) is 20.5. The van der Waals surface area contributed by atoms with Crippen LogP contribution in [0.25, 0.3) is 15.9 Å². The predicted molar refractivity (Wildman–Crippen MR) is 149 cm³/mol. The summed E-state index contributed by atoms with van der Waals surface area (Å²) in [6.07, 6.45) is 1.00. The molecule has 0 unspecified atom stereocenters. The number of fused-ring (bicyclic) bond motifs is 1. The van der Waals surface area contributed by atoms with Crippen molar-refractivity contribution < 1.29 is 4.79 Å². The lowest BCUT2D eigenvalue weighted by atomic mass is 10.1. The summed E-state index contributed by atoms with van der Waals surface area (Å²) < 4.78 is 3.40. The van der Waals surface area contributed by atoms with Crippen molar-refractivity contribution in [2.45, 2.75) is 26.3 Å². The Morgan fingerprint density at radius 2 is 1.54 bits per heavy atom. The van der Waals surface area contributed by atoms with Crippen LogP contribution < -0.4 is 16.6 Å². The minimum Gasteiger partial charge on any atom is -0.355 e. The Hall–Kier alpha value is -4.23.